The lowest BCUT2D eigenvalue weighted by atomic mass is 10.4. The van der Waals surface area contributed by atoms with Crippen molar-refractivity contribution in [1.29, 1.82) is 0 Å². The van der Waals surface area contributed by atoms with Gasteiger partial charge in [0, 0.05) is 6.04 Å². The van der Waals surface area contributed by atoms with E-state index in [2.05, 4.69) is 15.3 Å². The Kier molecular flexibility index (Phi) is 2.42. The van der Waals surface area contributed by atoms with Gasteiger partial charge in [0.25, 0.3) is 0 Å². The summed E-state index contributed by atoms with van der Waals surface area (Å²) in [5.41, 5.74) is -0.556. The Hall–Kier alpha value is -1.39. The van der Waals surface area contributed by atoms with Gasteiger partial charge in [-0.25, -0.2) is 9.18 Å². The van der Waals surface area contributed by atoms with Gasteiger partial charge in [0.15, 0.2) is 5.82 Å². The van der Waals surface area contributed by atoms with Crippen molar-refractivity contribution in [2.24, 2.45) is 0 Å². The lowest BCUT2D eigenvalue weighted by Gasteiger charge is -2.08. The number of aromatic nitrogens is 2. The van der Waals surface area contributed by atoms with Gasteiger partial charge in [0.2, 0.25) is 0 Å². The zero-order chi connectivity index (χ0) is 9.14. The summed E-state index contributed by atoms with van der Waals surface area (Å²) in [5.74, 6) is -0.465. The molecular formula is C7H10FN3O. The third-order valence-corrected chi connectivity index (χ3v) is 1.20. The van der Waals surface area contributed by atoms with Crippen molar-refractivity contribution in [3.63, 3.8) is 0 Å². The van der Waals surface area contributed by atoms with Gasteiger partial charge in [-0.15, -0.1) is 0 Å². The second-order valence-corrected chi connectivity index (χ2v) is 2.71. The maximum absolute atomic E-state index is 12.8. The van der Waals surface area contributed by atoms with E-state index in [9.17, 15) is 9.18 Å². The highest BCUT2D eigenvalue weighted by Gasteiger charge is 2.03. The Labute approximate surface area is 68.8 Å². The first kappa shape index (κ1) is 8.70. The van der Waals surface area contributed by atoms with Crippen LogP contribution in [-0.2, 0) is 0 Å². The summed E-state index contributed by atoms with van der Waals surface area (Å²) >= 11 is 0. The fourth-order valence-electron chi connectivity index (χ4n) is 0.772. The van der Waals surface area contributed by atoms with Crippen LogP contribution in [0.3, 0.4) is 0 Å². The van der Waals surface area contributed by atoms with Crippen LogP contribution in [-0.4, -0.2) is 16.0 Å². The van der Waals surface area contributed by atoms with Crippen molar-refractivity contribution < 1.29 is 4.39 Å². The zero-order valence-electron chi connectivity index (χ0n) is 6.89. The Balaban J connectivity index is 2.97. The van der Waals surface area contributed by atoms with E-state index in [-0.39, 0.29) is 11.9 Å². The fourth-order valence-corrected chi connectivity index (χ4v) is 0.772. The summed E-state index contributed by atoms with van der Waals surface area (Å²) in [6.45, 7) is 3.69. The Bertz CT molecular complexity index is 321. The van der Waals surface area contributed by atoms with E-state index in [1.807, 2.05) is 13.8 Å². The molecular weight excluding hydrogens is 161 g/mol. The van der Waals surface area contributed by atoms with E-state index in [0.29, 0.717) is 0 Å². The first-order valence-corrected chi connectivity index (χ1v) is 3.61. The van der Waals surface area contributed by atoms with E-state index < -0.39 is 11.5 Å². The lowest BCUT2D eigenvalue weighted by Crippen LogP contribution is -2.18. The average Bonchev–Trinajstić information content (AvgIpc) is 1.96. The first-order valence-electron chi connectivity index (χ1n) is 3.61. The van der Waals surface area contributed by atoms with Gasteiger partial charge >= 0.3 is 5.69 Å². The van der Waals surface area contributed by atoms with Crippen molar-refractivity contribution in [3.05, 3.63) is 22.5 Å². The maximum Gasteiger partial charge on any atom is 0.346 e. The molecule has 0 saturated heterocycles. The normalized spacial score (nSPS) is 10.3. The van der Waals surface area contributed by atoms with Crippen LogP contribution < -0.4 is 11.0 Å². The molecule has 0 aliphatic carbocycles. The highest BCUT2D eigenvalue weighted by atomic mass is 19.1. The van der Waals surface area contributed by atoms with E-state index in [1.165, 1.54) is 0 Å². The van der Waals surface area contributed by atoms with Crippen molar-refractivity contribution in [2.45, 2.75) is 19.9 Å². The average molecular weight is 171 g/mol. The number of hydrogen-bond donors (Lipinski definition) is 2. The molecule has 1 aromatic rings. The monoisotopic (exact) mass is 171 g/mol. The van der Waals surface area contributed by atoms with Crippen LogP contribution in [0.1, 0.15) is 13.8 Å². The molecule has 0 atom stereocenters. The van der Waals surface area contributed by atoms with Crippen LogP contribution in [0, 0.1) is 5.82 Å². The van der Waals surface area contributed by atoms with Crippen LogP contribution in [0.25, 0.3) is 0 Å². The summed E-state index contributed by atoms with van der Waals surface area (Å²) in [5, 5.41) is 2.74. The molecule has 0 fully saturated rings. The summed E-state index contributed by atoms with van der Waals surface area (Å²) in [6.07, 6.45) is 0.892. The van der Waals surface area contributed by atoms with E-state index >= 15 is 0 Å². The minimum atomic E-state index is -0.556. The standard InChI is InChI=1S/C7H10FN3O/c1-4(2)10-6-5(8)3-9-7(12)11-6/h3-4H,1-2H3,(H2,9,10,11,12). The van der Waals surface area contributed by atoms with Crippen LogP contribution in [0.15, 0.2) is 11.0 Å². The number of aromatic amines is 1. The molecule has 4 nitrogen and oxygen atoms in total. The molecule has 5 heteroatoms. The van der Waals surface area contributed by atoms with Gasteiger partial charge in [-0.2, -0.15) is 4.98 Å². The molecule has 12 heavy (non-hydrogen) atoms. The summed E-state index contributed by atoms with van der Waals surface area (Å²) in [7, 11) is 0. The minimum absolute atomic E-state index is 0.0672. The van der Waals surface area contributed by atoms with Gasteiger partial charge < -0.3 is 5.32 Å². The lowest BCUT2D eigenvalue weighted by molar-refractivity contribution is 0.611. The maximum atomic E-state index is 12.8. The summed E-state index contributed by atoms with van der Waals surface area (Å²) in [6, 6.07) is 0.0672. The Morgan fingerprint density at radius 2 is 2.33 bits per heavy atom. The molecule has 0 saturated carbocycles. The third kappa shape index (κ3) is 2.05. The van der Waals surface area contributed by atoms with Crippen LogP contribution in [0.5, 0.6) is 0 Å². The van der Waals surface area contributed by atoms with Crippen molar-refractivity contribution in [2.75, 3.05) is 5.32 Å². The first-order chi connectivity index (χ1) is 5.59. The van der Waals surface area contributed by atoms with E-state index in [0.717, 1.165) is 6.20 Å². The Morgan fingerprint density at radius 1 is 1.67 bits per heavy atom. The molecule has 1 heterocycles. The number of anilines is 1. The van der Waals surface area contributed by atoms with Gasteiger partial charge in [0.1, 0.15) is 5.82 Å². The SMILES string of the molecule is CC(C)Nc1[nH]c(=O)ncc1F. The molecule has 1 rings (SSSR count). The number of H-pyrrole nitrogens is 1. The molecule has 0 unspecified atom stereocenters. The fraction of sp³-hybridized carbons (Fsp3) is 0.429. The molecule has 2 N–H and O–H groups in total. The molecule has 0 aliphatic rings. The largest absolute Gasteiger partial charge is 0.367 e. The Morgan fingerprint density at radius 3 is 2.92 bits per heavy atom. The number of nitrogens with one attached hydrogen (secondary N) is 2. The second-order valence-electron chi connectivity index (χ2n) is 2.71. The van der Waals surface area contributed by atoms with Crippen molar-refractivity contribution in [1.82, 2.24) is 9.97 Å². The van der Waals surface area contributed by atoms with Gasteiger partial charge in [-0.3, -0.25) is 4.98 Å². The van der Waals surface area contributed by atoms with E-state index in [1.54, 1.807) is 0 Å². The molecule has 0 aliphatic heterocycles. The number of halogens is 1. The molecule has 0 amide bonds. The van der Waals surface area contributed by atoms with Crippen LogP contribution >= 0.6 is 0 Å². The topological polar surface area (TPSA) is 57.8 Å². The second kappa shape index (κ2) is 3.34. The number of nitrogens with zero attached hydrogens (tertiary/aromatic N) is 1. The van der Waals surface area contributed by atoms with Crippen LogP contribution in [0.2, 0.25) is 0 Å². The molecule has 66 valence electrons. The van der Waals surface area contributed by atoms with E-state index in [4.69, 9.17) is 0 Å². The number of rotatable bonds is 2. The highest BCUT2D eigenvalue weighted by molar-refractivity contribution is 5.34. The smallest absolute Gasteiger partial charge is 0.346 e. The number of hydrogen-bond acceptors (Lipinski definition) is 3. The highest BCUT2D eigenvalue weighted by Crippen LogP contribution is 2.06. The quantitative estimate of drug-likeness (QED) is 0.689. The van der Waals surface area contributed by atoms with Crippen molar-refractivity contribution >= 4 is 5.82 Å². The predicted octanol–water partition coefficient (Wildman–Crippen LogP) is 0.729. The van der Waals surface area contributed by atoms with Crippen LogP contribution in [0.4, 0.5) is 10.2 Å². The minimum Gasteiger partial charge on any atom is -0.367 e. The third-order valence-electron chi connectivity index (χ3n) is 1.20. The molecule has 0 bridgehead atoms. The van der Waals surface area contributed by atoms with Gasteiger partial charge in [-0.1, -0.05) is 0 Å². The summed E-state index contributed by atoms with van der Waals surface area (Å²) in [4.78, 5) is 16.1. The summed E-state index contributed by atoms with van der Waals surface area (Å²) < 4.78 is 12.8. The molecule has 0 aromatic carbocycles. The van der Waals surface area contributed by atoms with Crippen molar-refractivity contribution in [3.8, 4) is 0 Å². The predicted molar refractivity (Wildman–Crippen MR) is 43.6 cm³/mol. The van der Waals surface area contributed by atoms with Gasteiger partial charge in [0.05, 0.1) is 6.20 Å². The zero-order valence-corrected chi connectivity index (χ0v) is 6.89. The molecule has 0 radical (unpaired) electrons. The molecule has 0 spiro atoms. The molecule has 1 aromatic heterocycles. The van der Waals surface area contributed by atoms with Gasteiger partial charge in [-0.05, 0) is 13.8 Å².